The summed E-state index contributed by atoms with van der Waals surface area (Å²) in [4.78, 5) is 0. The van der Waals surface area contributed by atoms with Crippen LogP contribution in [-0.2, 0) is 9.47 Å². The van der Waals surface area contributed by atoms with Crippen molar-refractivity contribution in [3.63, 3.8) is 0 Å². The van der Waals surface area contributed by atoms with Gasteiger partial charge >= 0.3 is 0 Å². The predicted molar refractivity (Wildman–Crippen MR) is 54.6 cm³/mol. The molecule has 2 heterocycles. The van der Waals surface area contributed by atoms with E-state index in [9.17, 15) is 5.11 Å². The number of hydrogen-bond acceptors (Lipinski definition) is 4. The minimum atomic E-state index is -0.342. The molecule has 0 bridgehead atoms. The first-order valence-corrected chi connectivity index (χ1v) is 5.98. The number of rotatable bonds is 3. The van der Waals surface area contributed by atoms with Crippen LogP contribution in [-0.4, -0.2) is 49.2 Å². The van der Waals surface area contributed by atoms with Crippen LogP contribution in [0.2, 0.25) is 0 Å². The van der Waals surface area contributed by atoms with E-state index in [1.807, 2.05) is 0 Å². The van der Waals surface area contributed by atoms with Crippen molar-refractivity contribution >= 4 is 0 Å². The van der Waals surface area contributed by atoms with Crippen LogP contribution in [0, 0.1) is 5.92 Å². The molecular weight excluding hydrogens is 194 g/mol. The normalized spacial score (nSPS) is 46.2. The van der Waals surface area contributed by atoms with Crippen LogP contribution in [0.5, 0.6) is 0 Å². The highest BCUT2D eigenvalue weighted by molar-refractivity contribution is 4.96. The third kappa shape index (κ3) is 2.04. The summed E-state index contributed by atoms with van der Waals surface area (Å²) in [5.74, 6) is 0.768. The van der Waals surface area contributed by atoms with E-state index < -0.39 is 0 Å². The number of ether oxygens (including phenoxy) is 2. The zero-order valence-electron chi connectivity index (χ0n) is 8.89. The van der Waals surface area contributed by atoms with Gasteiger partial charge in [0.1, 0.15) is 0 Å². The molecule has 15 heavy (non-hydrogen) atoms. The molecule has 4 atom stereocenters. The van der Waals surface area contributed by atoms with Crippen molar-refractivity contribution in [2.24, 2.45) is 5.92 Å². The Morgan fingerprint density at radius 2 is 1.93 bits per heavy atom. The predicted octanol–water partition coefficient (Wildman–Crippen LogP) is -0.0968. The van der Waals surface area contributed by atoms with Gasteiger partial charge in [0.15, 0.2) is 0 Å². The molecule has 2 saturated heterocycles. The molecule has 3 fully saturated rings. The second-order valence-corrected chi connectivity index (χ2v) is 4.95. The molecule has 3 rings (SSSR count). The first kappa shape index (κ1) is 10.0. The van der Waals surface area contributed by atoms with Gasteiger partial charge in [0, 0.05) is 12.6 Å². The first-order valence-electron chi connectivity index (χ1n) is 5.98. The van der Waals surface area contributed by atoms with Gasteiger partial charge in [-0.15, -0.1) is 0 Å². The Labute approximate surface area is 89.9 Å². The molecule has 0 radical (unpaired) electrons. The first-order chi connectivity index (χ1) is 7.34. The second kappa shape index (κ2) is 4.01. The SMILES string of the molecule is OC1COCC1NC1CCOC1C1CC1. The summed E-state index contributed by atoms with van der Waals surface area (Å²) in [5, 5.41) is 13.2. The van der Waals surface area contributed by atoms with Crippen LogP contribution in [0.4, 0.5) is 0 Å². The Morgan fingerprint density at radius 1 is 1.07 bits per heavy atom. The Hall–Kier alpha value is -0.160. The summed E-state index contributed by atoms with van der Waals surface area (Å²) >= 11 is 0. The minimum absolute atomic E-state index is 0.109. The molecule has 2 N–H and O–H groups in total. The van der Waals surface area contributed by atoms with Crippen molar-refractivity contribution in [1.82, 2.24) is 5.32 Å². The van der Waals surface area contributed by atoms with E-state index in [-0.39, 0.29) is 12.1 Å². The molecule has 3 aliphatic rings. The van der Waals surface area contributed by atoms with Crippen molar-refractivity contribution in [3.05, 3.63) is 0 Å². The van der Waals surface area contributed by atoms with Crippen LogP contribution in [0.3, 0.4) is 0 Å². The van der Waals surface area contributed by atoms with Gasteiger partial charge < -0.3 is 19.9 Å². The third-order valence-electron chi connectivity index (χ3n) is 3.70. The topological polar surface area (TPSA) is 50.7 Å². The number of aliphatic hydroxyl groups is 1. The van der Waals surface area contributed by atoms with E-state index >= 15 is 0 Å². The van der Waals surface area contributed by atoms with Gasteiger partial charge in [-0.1, -0.05) is 0 Å². The second-order valence-electron chi connectivity index (χ2n) is 4.95. The maximum Gasteiger partial charge on any atom is 0.0948 e. The summed E-state index contributed by atoms with van der Waals surface area (Å²) < 4.78 is 11.0. The van der Waals surface area contributed by atoms with Gasteiger partial charge in [-0.25, -0.2) is 0 Å². The maximum atomic E-state index is 9.66. The summed E-state index contributed by atoms with van der Waals surface area (Å²) in [6, 6.07) is 0.539. The van der Waals surface area contributed by atoms with E-state index in [0.717, 1.165) is 18.9 Å². The monoisotopic (exact) mass is 213 g/mol. The lowest BCUT2D eigenvalue weighted by molar-refractivity contribution is 0.0732. The zero-order valence-corrected chi connectivity index (χ0v) is 8.89. The molecule has 1 saturated carbocycles. The number of nitrogens with one attached hydrogen (secondary N) is 1. The standard InChI is InChI=1S/C11H19NO3/c13-10-6-14-5-9(10)12-8-3-4-15-11(8)7-1-2-7/h7-13H,1-6H2. The Morgan fingerprint density at radius 3 is 2.60 bits per heavy atom. The van der Waals surface area contributed by atoms with E-state index in [1.165, 1.54) is 12.8 Å². The van der Waals surface area contributed by atoms with Gasteiger partial charge in [-0.05, 0) is 25.2 Å². The average Bonchev–Trinajstić information content (AvgIpc) is 2.85. The molecule has 4 heteroatoms. The maximum absolute atomic E-state index is 9.66. The molecule has 4 unspecified atom stereocenters. The molecule has 86 valence electrons. The lowest BCUT2D eigenvalue weighted by atomic mass is 10.0. The third-order valence-corrected chi connectivity index (χ3v) is 3.70. The molecule has 2 aliphatic heterocycles. The van der Waals surface area contributed by atoms with Gasteiger partial charge in [-0.2, -0.15) is 0 Å². The quantitative estimate of drug-likeness (QED) is 0.687. The highest BCUT2D eigenvalue weighted by Crippen LogP contribution is 2.38. The highest BCUT2D eigenvalue weighted by Gasteiger charge is 2.42. The van der Waals surface area contributed by atoms with Crippen molar-refractivity contribution in [3.8, 4) is 0 Å². The number of hydrogen-bond donors (Lipinski definition) is 2. The summed E-state index contributed by atoms with van der Waals surface area (Å²) in [6.45, 7) is 1.97. The molecular formula is C11H19NO3. The zero-order chi connectivity index (χ0) is 10.3. The lowest BCUT2D eigenvalue weighted by Crippen LogP contribution is -2.48. The van der Waals surface area contributed by atoms with Gasteiger partial charge in [0.05, 0.1) is 31.5 Å². The van der Waals surface area contributed by atoms with Gasteiger partial charge in [0.25, 0.3) is 0 Å². The smallest absolute Gasteiger partial charge is 0.0948 e. The van der Waals surface area contributed by atoms with Gasteiger partial charge in [0.2, 0.25) is 0 Å². The molecule has 0 spiro atoms. The van der Waals surface area contributed by atoms with Crippen molar-refractivity contribution in [1.29, 1.82) is 0 Å². The molecule has 1 aliphatic carbocycles. The summed E-state index contributed by atoms with van der Waals surface area (Å²) in [5.41, 5.74) is 0. The molecule has 0 aromatic carbocycles. The molecule has 4 nitrogen and oxygen atoms in total. The minimum Gasteiger partial charge on any atom is -0.389 e. The van der Waals surface area contributed by atoms with Crippen molar-refractivity contribution in [2.75, 3.05) is 19.8 Å². The Bertz CT molecular complexity index is 232. The van der Waals surface area contributed by atoms with E-state index in [2.05, 4.69) is 5.32 Å². The van der Waals surface area contributed by atoms with E-state index in [4.69, 9.17) is 9.47 Å². The molecule has 0 aromatic rings. The van der Waals surface area contributed by atoms with Crippen LogP contribution in [0.25, 0.3) is 0 Å². The van der Waals surface area contributed by atoms with Crippen LogP contribution in [0.1, 0.15) is 19.3 Å². The van der Waals surface area contributed by atoms with Crippen LogP contribution >= 0.6 is 0 Å². The molecule has 0 amide bonds. The van der Waals surface area contributed by atoms with E-state index in [1.54, 1.807) is 0 Å². The van der Waals surface area contributed by atoms with Gasteiger partial charge in [-0.3, -0.25) is 0 Å². The fourth-order valence-electron chi connectivity index (χ4n) is 2.66. The van der Waals surface area contributed by atoms with Crippen molar-refractivity contribution < 1.29 is 14.6 Å². The van der Waals surface area contributed by atoms with Crippen LogP contribution in [0.15, 0.2) is 0 Å². The van der Waals surface area contributed by atoms with Crippen LogP contribution < -0.4 is 5.32 Å². The fraction of sp³-hybridized carbons (Fsp3) is 1.00. The average molecular weight is 213 g/mol. The lowest BCUT2D eigenvalue weighted by Gasteiger charge is -2.24. The van der Waals surface area contributed by atoms with E-state index in [0.29, 0.717) is 25.4 Å². The summed E-state index contributed by atoms with van der Waals surface area (Å²) in [6.07, 6.45) is 3.74. The summed E-state index contributed by atoms with van der Waals surface area (Å²) in [7, 11) is 0. The molecule has 0 aromatic heterocycles. The number of aliphatic hydroxyl groups excluding tert-OH is 1. The largest absolute Gasteiger partial charge is 0.389 e. The Balaban J connectivity index is 1.56. The highest BCUT2D eigenvalue weighted by atomic mass is 16.5. The Kier molecular flexibility index (Phi) is 2.68. The fourth-order valence-corrected chi connectivity index (χ4v) is 2.66. The van der Waals surface area contributed by atoms with Crippen molar-refractivity contribution in [2.45, 2.75) is 43.6 Å².